The zero-order valence-electron chi connectivity index (χ0n) is 11.9. The molecule has 8 nitrogen and oxygen atoms in total. The molecule has 0 bridgehead atoms. The molecular formula is C13H19N3O5. The standard InChI is InChI=1S/C13H19N3O5/c1-21-11-8-7-10(16(19)20)13(15-11)14-9-5-3-2-4-6-12(17)18/h7-8H,2-6,9H2,1H3,(H,14,15)(H,17,18). The first-order valence-electron chi connectivity index (χ1n) is 6.69. The average molecular weight is 297 g/mol. The highest BCUT2D eigenvalue weighted by molar-refractivity contribution is 5.66. The molecule has 8 heteroatoms. The maximum absolute atomic E-state index is 10.9. The molecule has 116 valence electrons. The number of nitro groups is 1. The molecule has 0 aliphatic rings. The van der Waals surface area contributed by atoms with Gasteiger partial charge in [0, 0.05) is 25.1 Å². The zero-order valence-corrected chi connectivity index (χ0v) is 11.9. The van der Waals surface area contributed by atoms with Gasteiger partial charge >= 0.3 is 11.7 Å². The number of anilines is 1. The van der Waals surface area contributed by atoms with E-state index in [1.807, 2.05) is 0 Å². The van der Waals surface area contributed by atoms with E-state index in [0.717, 1.165) is 19.3 Å². The van der Waals surface area contributed by atoms with Gasteiger partial charge in [0.2, 0.25) is 11.7 Å². The Balaban J connectivity index is 2.40. The molecule has 0 aliphatic carbocycles. The largest absolute Gasteiger partial charge is 0.481 e. The second-order valence-corrected chi connectivity index (χ2v) is 4.46. The van der Waals surface area contributed by atoms with E-state index >= 15 is 0 Å². The smallest absolute Gasteiger partial charge is 0.311 e. The summed E-state index contributed by atoms with van der Waals surface area (Å²) in [4.78, 5) is 24.7. The lowest BCUT2D eigenvalue weighted by Crippen LogP contribution is -2.07. The van der Waals surface area contributed by atoms with Gasteiger partial charge in [-0.15, -0.1) is 0 Å². The average Bonchev–Trinajstić information content (AvgIpc) is 2.45. The van der Waals surface area contributed by atoms with Crippen LogP contribution < -0.4 is 10.1 Å². The summed E-state index contributed by atoms with van der Waals surface area (Å²) in [6, 6.07) is 2.79. The molecule has 0 saturated carbocycles. The molecule has 0 radical (unpaired) electrons. The Labute approximate surface area is 122 Å². The predicted molar refractivity (Wildman–Crippen MR) is 76.7 cm³/mol. The Bertz CT molecular complexity index is 493. The van der Waals surface area contributed by atoms with Gasteiger partial charge in [-0.2, -0.15) is 4.98 Å². The Morgan fingerprint density at radius 3 is 2.71 bits per heavy atom. The van der Waals surface area contributed by atoms with Gasteiger partial charge < -0.3 is 15.2 Å². The van der Waals surface area contributed by atoms with E-state index in [-0.39, 0.29) is 17.9 Å². The highest BCUT2D eigenvalue weighted by atomic mass is 16.6. The minimum Gasteiger partial charge on any atom is -0.481 e. The van der Waals surface area contributed by atoms with Crippen molar-refractivity contribution in [3.05, 3.63) is 22.2 Å². The second-order valence-electron chi connectivity index (χ2n) is 4.46. The first kappa shape index (κ1) is 16.7. The zero-order chi connectivity index (χ0) is 15.7. The van der Waals surface area contributed by atoms with Crippen molar-refractivity contribution < 1.29 is 19.6 Å². The van der Waals surface area contributed by atoms with Crippen LogP contribution in [0.2, 0.25) is 0 Å². The summed E-state index contributed by atoms with van der Waals surface area (Å²) in [5.41, 5.74) is -0.0957. The van der Waals surface area contributed by atoms with Crippen LogP contribution in [0.3, 0.4) is 0 Å². The summed E-state index contributed by atoms with van der Waals surface area (Å²) in [5, 5.41) is 22.3. The maximum Gasteiger partial charge on any atom is 0.311 e. The van der Waals surface area contributed by atoms with Gasteiger partial charge in [-0.1, -0.05) is 12.8 Å². The molecule has 0 aliphatic heterocycles. The van der Waals surface area contributed by atoms with Crippen molar-refractivity contribution in [2.75, 3.05) is 19.0 Å². The first-order valence-corrected chi connectivity index (χ1v) is 6.69. The molecule has 0 unspecified atom stereocenters. The molecule has 2 N–H and O–H groups in total. The molecule has 1 rings (SSSR count). The third-order valence-corrected chi connectivity index (χ3v) is 2.86. The molecule has 1 aromatic heterocycles. The third-order valence-electron chi connectivity index (χ3n) is 2.86. The van der Waals surface area contributed by atoms with Gasteiger partial charge in [0.1, 0.15) is 0 Å². The quantitative estimate of drug-likeness (QED) is 0.387. The summed E-state index contributed by atoms with van der Waals surface area (Å²) in [6.45, 7) is 0.536. The van der Waals surface area contributed by atoms with Crippen molar-refractivity contribution in [3.8, 4) is 5.88 Å². The van der Waals surface area contributed by atoms with Crippen molar-refractivity contribution in [1.29, 1.82) is 0 Å². The second kappa shape index (κ2) is 8.72. The number of unbranched alkanes of at least 4 members (excludes halogenated alkanes) is 3. The number of hydrogen-bond donors (Lipinski definition) is 2. The minimum atomic E-state index is -0.788. The highest BCUT2D eigenvalue weighted by Crippen LogP contribution is 2.24. The topological polar surface area (TPSA) is 115 Å². The van der Waals surface area contributed by atoms with Gasteiger partial charge in [-0.3, -0.25) is 14.9 Å². The molecule has 21 heavy (non-hydrogen) atoms. The Morgan fingerprint density at radius 2 is 2.10 bits per heavy atom. The van der Waals surface area contributed by atoms with Crippen LogP contribution in [0.5, 0.6) is 5.88 Å². The maximum atomic E-state index is 10.9. The Hall–Kier alpha value is -2.38. The van der Waals surface area contributed by atoms with Gasteiger partial charge in [0.15, 0.2) is 0 Å². The molecule has 0 spiro atoms. The lowest BCUT2D eigenvalue weighted by atomic mass is 10.1. The third kappa shape index (κ3) is 6.07. The number of ether oxygens (including phenoxy) is 1. The molecule has 0 fully saturated rings. The number of aromatic nitrogens is 1. The van der Waals surface area contributed by atoms with E-state index in [9.17, 15) is 14.9 Å². The number of nitrogens with zero attached hydrogens (tertiary/aromatic N) is 2. The van der Waals surface area contributed by atoms with Crippen LogP contribution in [0.25, 0.3) is 0 Å². The summed E-state index contributed by atoms with van der Waals surface area (Å²) in [6.07, 6.45) is 3.29. The van der Waals surface area contributed by atoms with E-state index in [2.05, 4.69) is 10.3 Å². The van der Waals surface area contributed by atoms with Gasteiger partial charge in [-0.25, -0.2) is 0 Å². The molecule has 0 atom stereocenters. The molecule has 1 heterocycles. The molecular weight excluding hydrogens is 278 g/mol. The molecule has 0 amide bonds. The van der Waals surface area contributed by atoms with Gasteiger partial charge in [0.05, 0.1) is 12.0 Å². The van der Waals surface area contributed by atoms with Crippen molar-refractivity contribution >= 4 is 17.5 Å². The van der Waals surface area contributed by atoms with E-state index in [0.29, 0.717) is 18.8 Å². The fourth-order valence-electron chi connectivity index (χ4n) is 1.79. The SMILES string of the molecule is COc1ccc([N+](=O)[O-])c(NCCCCCCC(=O)O)n1. The van der Waals surface area contributed by atoms with Gasteiger partial charge in [-0.05, 0) is 12.8 Å². The number of carboxylic acids is 1. The number of pyridine rings is 1. The van der Waals surface area contributed by atoms with E-state index in [4.69, 9.17) is 9.84 Å². The number of hydrogen-bond acceptors (Lipinski definition) is 6. The minimum absolute atomic E-state index is 0.0957. The number of aliphatic carboxylic acids is 1. The Morgan fingerprint density at radius 1 is 1.38 bits per heavy atom. The fourth-order valence-corrected chi connectivity index (χ4v) is 1.79. The van der Waals surface area contributed by atoms with Crippen LogP contribution in [0, 0.1) is 10.1 Å². The van der Waals surface area contributed by atoms with Crippen LogP contribution in [-0.4, -0.2) is 34.6 Å². The number of nitrogens with one attached hydrogen (secondary N) is 1. The first-order chi connectivity index (χ1) is 10.0. The van der Waals surface area contributed by atoms with Crippen LogP contribution in [0.1, 0.15) is 32.1 Å². The number of carbonyl (C=O) groups is 1. The molecule has 1 aromatic rings. The monoisotopic (exact) mass is 297 g/mol. The molecule has 0 aromatic carbocycles. The number of methoxy groups -OCH3 is 1. The molecule has 0 saturated heterocycles. The summed E-state index contributed by atoms with van der Waals surface area (Å²) >= 11 is 0. The normalized spacial score (nSPS) is 10.1. The van der Waals surface area contributed by atoms with Crippen LogP contribution >= 0.6 is 0 Å². The highest BCUT2D eigenvalue weighted by Gasteiger charge is 2.15. The number of carboxylic acid groups (broad SMARTS) is 1. The van der Waals surface area contributed by atoms with Crippen LogP contribution in [0.15, 0.2) is 12.1 Å². The summed E-state index contributed by atoms with van der Waals surface area (Å²) in [5.74, 6) is -0.293. The van der Waals surface area contributed by atoms with Crippen molar-refractivity contribution in [2.24, 2.45) is 0 Å². The van der Waals surface area contributed by atoms with E-state index in [1.165, 1.54) is 19.2 Å². The predicted octanol–water partition coefficient (Wildman–Crippen LogP) is 2.45. The van der Waals surface area contributed by atoms with E-state index < -0.39 is 10.9 Å². The number of rotatable bonds is 10. The lowest BCUT2D eigenvalue weighted by Gasteiger charge is -2.07. The van der Waals surface area contributed by atoms with Crippen LogP contribution in [-0.2, 0) is 4.79 Å². The lowest BCUT2D eigenvalue weighted by molar-refractivity contribution is -0.384. The van der Waals surface area contributed by atoms with Crippen molar-refractivity contribution in [2.45, 2.75) is 32.1 Å². The summed E-state index contributed by atoms with van der Waals surface area (Å²) < 4.78 is 4.94. The van der Waals surface area contributed by atoms with E-state index in [1.54, 1.807) is 0 Å². The van der Waals surface area contributed by atoms with Crippen molar-refractivity contribution in [1.82, 2.24) is 4.98 Å². The summed E-state index contributed by atoms with van der Waals surface area (Å²) in [7, 11) is 1.44. The fraction of sp³-hybridized carbons (Fsp3) is 0.538. The van der Waals surface area contributed by atoms with Crippen LogP contribution in [0.4, 0.5) is 11.5 Å². The van der Waals surface area contributed by atoms with Gasteiger partial charge in [0.25, 0.3) is 0 Å². The Kier molecular flexibility index (Phi) is 6.93. The van der Waals surface area contributed by atoms with Crippen molar-refractivity contribution in [3.63, 3.8) is 0 Å².